The van der Waals surface area contributed by atoms with E-state index in [4.69, 9.17) is 0 Å². The molecule has 1 amide bonds. The van der Waals surface area contributed by atoms with Gasteiger partial charge in [-0.15, -0.1) is 11.3 Å². The summed E-state index contributed by atoms with van der Waals surface area (Å²) in [6.07, 6.45) is 0. The van der Waals surface area contributed by atoms with E-state index in [9.17, 15) is 9.18 Å². The molecule has 0 bridgehead atoms. The molecule has 1 heterocycles. The van der Waals surface area contributed by atoms with E-state index in [-0.39, 0.29) is 17.8 Å². The van der Waals surface area contributed by atoms with Crippen LogP contribution in [-0.4, -0.2) is 5.91 Å². The molecule has 1 aromatic heterocycles. The predicted molar refractivity (Wildman–Crippen MR) is 80.3 cm³/mol. The van der Waals surface area contributed by atoms with Crippen LogP contribution >= 0.6 is 11.3 Å². The lowest BCUT2D eigenvalue weighted by Gasteiger charge is -2.14. The lowest BCUT2D eigenvalue weighted by molar-refractivity contribution is -0.114. The van der Waals surface area contributed by atoms with Gasteiger partial charge in [0.1, 0.15) is 5.82 Å². The van der Waals surface area contributed by atoms with Crippen molar-refractivity contribution in [2.75, 3.05) is 5.32 Å². The van der Waals surface area contributed by atoms with E-state index < -0.39 is 0 Å². The van der Waals surface area contributed by atoms with Crippen molar-refractivity contribution in [3.05, 3.63) is 52.0 Å². The number of rotatable bonds is 5. The molecule has 0 fully saturated rings. The first-order valence-electron chi connectivity index (χ1n) is 6.39. The number of thiophene rings is 1. The van der Waals surface area contributed by atoms with Crippen molar-refractivity contribution in [3.63, 3.8) is 0 Å². The van der Waals surface area contributed by atoms with Crippen molar-refractivity contribution < 1.29 is 9.18 Å². The molecule has 0 saturated carbocycles. The standard InChI is InChI=1S/C15H17FN2OS/c1-10(12-4-3-5-13(16)8-12)17-9-15-14(6-7-20-15)18-11(2)19/h3-8,10,17H,9H2,1-2H3,(H,18,19)/t10-/m0/s1. The van der Waals surface area contributed by atoms with Crippen LogP contribution in [0.3, 0.4) is 0 Å². The van der Waals surface area contributed by atoms with E-state index in [0.29, 0.717) is 6.54 Å². The van der Waals surface area contributed by atoms with Gasteiger partial charge < -0.3 is 10.6 Å². The number of benzene rings is 1. The van der Waals surface area contributed by atoms with Crippen molar-refractivity contribution in [1.29, 1.82) is 0 Å². The minimum atomic E-state index is -0.230. The largest absolute Gasteiger partial charge is 0.325 e. The second-order valence-corrected chi connectivity index (χ2v) is 5.60. The molecule has 106 valence electrons. The SMILES string of the molecule is CC(=O)Nc1ccsc1CN[C@@H](C)c1cccc(F)c1. The Labute approximate surface area is 121 Å². The van der Waals surface area contributed by atoms with Crippen LogP contribution in [0.4, 0.5) is 10.1 Å². The molecule has 0 spiro atoms. The van der Waals surface area contributed by atoms with Gasteiger partial charge >= 0.3 is 0 Å². The summed E-state index contributed by atoms with van der Waals surface area (Å²) in [5.41, 5.74) is 1.74. The van der Waals surface area contributed by atoms with E-state index in [0.717, 1.165) is 16.1 Å². The highest BCUT2D eigenvalue weighted by Gasteiger charge is 2.09. The Morgan fingerprint density at radius 1 is 1.40 bits per heavy atom. The molecule has 0 aliphatic heterocycles. The van der Waals surface area contributed by atoms with Crippen LogP contribution in [0.5, 0.6) is 0 Å². The highest BCUT2D eigenvalue weighted by Crippen LogP contribution is 2.23. The van der Waals surface area contributed by atoms with Crippen LogP contribution in [-0.2, 0) is 11.3 Å². The number of carbonyl (C=O) groups is 1. The number of carbonyl (C=O) groups excluding carboxylic acids is 1. The van der Waals surface area contributed by atoms with Gasteiger partial charge in [0.05, 0.1) is 5.69 Å². The molecule has 0 aliphatic carbocycles. The second kappa shape index (κ2) is 6.63. The van der Waals surface area contributed by atoms with Gasteiger partial charge in [-0.2, -0.15) is 0 Å². The average molecular weight is 292 g/mol. The van der Waals surface area contributed by atoms with Crippen LogP contribution in [0.2, 0.25) is 0 Å². The van der Waals surface area contributed by atoms with E-state index in [1.165, 1.54) is 19.1 Å². The van der Waals surface area contributed by atoms with Crippen LogP contribution in [0, 0.1) is 5.82 Å². The van der Waals surface area contributed by atoms with Gasteiger partial charge in [0, 0.05) is 24.4 Å². The summed E-state index contributed by atoms with van der Waals surface area (Å²) in [6, 6.07) is 8.49. The second-order valence-electron chi connectivity index (χ2n) is 4.60. The number of nitrogens with one attached hydrogen (secondary N) is 2. The maximum absolute atomic E-state index is 13.2. The fourth-order valence-corrected chi connectivity index (χ4v) is 2.70. The molecule has 5 heteroatoms. The van der Waals surface area contributed by atoms with Crippen molar-refractivity contribution in [2.24, 2.45) is 0 Å². The van der Waals surface area contributed by atoms with Crippen molar-refractivity contribution in [1.82, 2.24) is 5.32 Å². The number of hydrogen-bond acceptors (Lipinski definition) is 3. The Bertz CT molecular complexity index is 597. The monoisotopic (exact) mass is 292 g/mol. The molecule has 0 aliphatic rings. The lowest BCUT2D eigenvalue weighted by atomic mass is 10.1. The van der Waals surface area contributed by atoms with Gasteiger partial charge in [-0.1, -0.05) is 12.1 Å². The summed E-state index contributed by atoms with van der Waals surface area (Å²) >= 11 is 1.58. The Hall–Kier alpha value is -1.72. The van der Waals surface area contributed by atoms with E-state index in [1.54, 1.807) is 17.4 Å². The summed E-state index contributed by atoms with van der Waals surface area (Å²) in [5, 5.41) is 8.07. The molecule has 1 aromatic carbocycles. The molecule has 3 nitrogen and oxygen atoms in total. The molecule has 0 unspecified atom stereocenters. The fraction of sp³-hybridized carbons (Fsp3) is 0.267. The molecule has 2 N–H and O–H groups in total. The number of hydrogen-bond donors (Lipinski definition) is 2. The Morgan fingerprint density at radius 2 is 2.20 bits per heavy atom. The normalized spacial score (nSPS) is 12.2. The van der Waals surface area contributed by atoms with Crippen LogP contribution < -0.4 is 10.6 Å². The topological polar surface area (TPSA) is 41.1 Å². The first kappa shape index (κ1) is 14.7. The third-order valence-corrected chi connectivity index (χ3v) is 3.89. The first-order chi connectivity index (χ1) is 9.56. The van der Waals surface area contributed by atoms with Crippen LogP contribution in [0.25, 0.3) is 0 Å². The summed E-state index contributed by atoms with van der Waals surface area (Å²) < 4.78 is 13.2. The van der Waals surface area contributed by atoms with Crippen molar-refractivity contribution >= 4 is 22.9 Å². The number of anilines is 1. The zero-order valence-electron chi connectivity index (χ0n) is 11.4. The Kier molecular flexibility index (Phi) is 4.87. The van der Waals surface area contributed by atoms with E-state index in [1.807, 2.05) is 24.4 Å². The van der Waals surface area contributed by atoms with Gasteiger partial charge in [-0.25, -0.2) is 4.39 Å². The average Bonchev–Trinajstić information content (AvgIpc) is 2.82. The smallest absolute Gasteiger partial charge is 0.221 e. The highest BCUT2D eigenvalue weighted by atomic mass is 32.1. The summed E-state index contributed by atoms with van der Waals surface area (Å²) in [7, 11) is 0. The summed E-state index contributed by atoms with van der Waals surface area (Å²) in [6.45, 7) is 4.11. The zero-order chi connectivity index (χ0) is 14.5. The summed E-state index contributed by atoms with van der Waals surface area (Å²) in [4.78, 5) is 12.2. The van der Waals surface area contributed by atoms with Crippen molar-refractivity contribution in [3.8, 4) is 0 Å². The number of halogens is 1. The fourth-order valence-electron chi connectivity index (χ4n) is 1.92. The Morgan fingerprint density at radius 3 is 2.90 bits per heavy atom. The third kappa shape index (κ3) is 3.88. The van der Waals surface area contributed by atoms with Gasteiger partial charge in [0.15, 0.2) is 0 Å². The third-order valence-electron chi connectivity index (χ3n) is 2.97. The molecule has 20 heavy (non-hydrogen) atoms. The van der Waals surface area contributed by atoms with Crippen LogP contribution in [0.1, 0.15) is 30.3 Å². The molecule has 2 rings (SSSR count). The van der Waals surface area contributed by atoms with E-state index in [2.05, 4.69) is 10.6 Å². The minimum absolute atomic E-state index is 0.0398. The Balaban J connectivity index is 1.98. The maximum Gasteiger partial charge on any atom is 0.221 e. The molecule has 1 atom stereocenters. The lowest BCUT2D eigenvalue weighted by Crippen LogP contribution is -2.18. The quantitative estimate of drug-likeness (QED) is 0.882. The first-order valence-corrected chi connectivity index (χ1v) is 7.27. The van der Waals surface area contributed by atoms with Gasteiger partial charge in [0.25, 0.3) is 0 Å². The number of amides is 1. The molecular formula is C15H17FN2OS. The molecule has 0 radical (unpaired) electrons. The molecule has 0 saturated heterocycles. The van der Waals surface area contributed by atoms with E-state index >= 15 is 0 Å². The van der Waals surface area contributed by atoms with Crippen molar-refractivity contribution in [2.45, 2.75) is 26.4 Å². The predicted octanol–water partition coefficient (Wildman–Crippen LogP) is 3.70. The highest BCUT2D eigenvalue weighted by molar-refractivity contribution is 7.10. The maximum atomic E-state index is 13.2. The minimum Gasteiger partial charge on any atom is -0.325 e. The molecule has 2 aromatic rings. The van der Waals surface area contributed by atoms with Crippen LogP contribution in [0.15, 0.2) is 35.7 Å². The summed E-state index contributed by atoms with van der Waals surface area (Å²) in [5.74, 6) is -0.311. The van der Waals surface area contributed by atoms with Gasteiger partial charge in [-0.05, 0) is 36.1 Å². The molecular weight excluding hydrogens is 275 g/mol. The van der Waals surface area contributed by atoms with Gasteiger partial charge in [0.2, 0.25) is 5.91 Å². The zero-order valence-corrected chi connectivity index (χ0v) is 12.3. The van der Waals surface area contributed by atoms with Gasteiger partial charge in [-0.3, -0.25) is 4.79 Å².